The van der Waals surface area contributed by atoms with Crippen LogP contribution in [0.25, 0.3) is 11.1 Å². The van der Waals surface area contributed by atoms with Crippen LogP contribution < -0.4 is 16.2 Å². The molecule has 9 nitrogen and oxygen atoms in total. The lowest BCUT2D eigenvalue weighted by Gasteiger charge is -2.18. The van der Waals surface area contributed by atoms with Gasteiger partial charge < -0.3 is 10.2 Å². The Hall–Kier alpha value is -2.73. The standard InChI is InChI=1S/C20H20ClN5O4S2/c1-12(14-7-3-2-5-13(14)6-4-8-22)26-16-9-15(21)18(10-17(16)30-20(26)27)32(28,29)25-19-23-11-24-31-19/h2-3,5,7,9-12H,4,6,8,22H2,1H3,(H,23,24,25)/t12-/m1/s1/i4D2,6D2. The number of nitrogens with zero attached hydrogens (tertiary/aromatic N) is 3. The van der Waals surface area contributed by atoms with Crippen molar-refractivity contribution in [2.75, 3.05) is 11.3 Å². The second kappa shape index (κ2) is 9.02. The maximum atomic E-state index is 12.9. The minimum absolute atomic E-state index is 0.0146. The first-order valence-corrected chi connectivity index (χ1v) is 11.9. The molecule has 0 fully saturated rings. The zero-order valence-electron chi connectivity index (χ0n) is 20.6. The summed E-state index contributed by atoms with van der Waals surface area (Å²) < 4.78 is 71.2. The highest BCUT2D eigenvalue weighted by Crippen LogP contribution is 2.32. The summed E-state index contributed by atoms with van der Waals surface area (Å²) in [6.07, 6.45) is -3.68. The van der Waals surface area contributed by atoms with Crippen LogP contribution in [0.15, 0.2) is 56.8 Å². The maximum absolute atomic E-state index is 12.9. The van der Waals surface area contributed by atoms with Gasteiger partial charge in [-0.2, -0.15) is 4.37 Å². The maximum Gasteiger partial charge on any atom is 0.420 e. The van der Waals surface area contributed by atoms with Gasteiger partial charge in [0.2, 0.25) is 5.13 Å². The van der Waals surface area contributed by atoms with E-state index in [0.29, 0.717) is 5.56 Å². The zero-order valence-corrected chi connectivity index (χ0v) is 19.0. The van der Waals surface area contributed by atoms with Gasteiger partial charge in [0.25, 0.3) is 10.0 Å². The number of nitrogens with two attached hydrogens (primary N) is 1. The van der Waals surface area contributed by atoms with Crippen LogP contribution in [0.3, 0.4) is 0 Å². The number of nitrogens with one attached hydrogen (secondary N) is 1. The highest BCUT2D eigenvalue weighted by atomic mass is 35.5. The molecule has 0 bridgehead atoms. The van der Waals surface area contributed by atoms with E-state index in [1.165, 1.54) is 23.0 Å². The third kappa shape index (κ3) is 4.29. The summed E-state index contributed by atoms with van der Waals surface area (Å²) in [4.78, 5) is 16.3. The molecular weight excluding hydrogens is 474 g/mol. The van der Waals surface area contributed by atoms with Crippen molar-refractivity contribution in [1.29, 1.82) is 0 Å². The number of halogens is 1. The smallest absolute Gasteiger partial charge is 0.408 e. The molecule has 0 radical (unpaired) electrons. The number of benzene rings is 2. The Morgan fingerprint density at radius 2 is 2.16 bits per heavy atom. The Bertz CT molecular complexity index is 1590. The van der Waals surface area contributed by atoms with Crippen molar-refractivity contribution in [3.8, 4) is 0 Å². The molecule has 2 heterocycles. The minimum Gasteiger partial charge on any atom is -0.408 e. The average molecular weight is 498 g/mol. The quantitative estimate of drug-likeness (QED) is 0.381. The first-order chi connectivity index (χ1) is 16.8. The van der Waals surface area contributed by atoms with Crippen molar-refractivity contribution in [2.45, 2.75) is 30.6 Å². The molecule has 0 aliphatic heterocycles. The molecule has 3 N–H and O–H groups in total. The van der Waals surface area contributed by atoms with Crippen LogP contribution in [0.2, 0.25) is 5.02 Å². The van der Waals surface area contributed by atoms with Gasteiger partial charge in [-0.15, -0.1) is 0 Å². The van der Waals surface area contributed by atoms with E-state index in [4.69, 9.17) is 27.2 Å². The number of aromatic nitrogens is 3. The average Bonchev–Trinajstić information content (AvgIpc) is 3.43. The number of anilines is 1. The van der Waals surface area contributed by atoms with Crippen LogP contribution >= 0.6 is 23.1 Å². The van der Waals surface area contributed by atoms with Crippen molar-refractivity contribution < 1.29 is 18.3 Å². The Morgan fingerprint density at radius 3 is 2.88 bits per heavy atom. The van der Waals surface area contributed by atoms with Gasteiger partial charge in [-0.3, -0.25) is 9.29 Å². The number of hydrogen-bond acceptors (Lipinski definition) is 8. The van der Waals surface area contributed by atoms with Gasteiger partial charge in [0.15, 0.2) is 5.58 Å². The minimum atomic E-state index is -4.18. The van der Waals surface area contributed by atoms with Crippen molar-refractivity contribution in [1.82, 2.24) is 13.9 Å². The highest BCUT2D eigenvalue weighted by molar-refractivity contribution is 7.93. The summed E-state index contributed by atoms with van der Waals surface area (Å²) in [7, 11) is -4.18. The molecule has 2 aromatic heterocycles. The summed E-state index contributed by atoms with van der Waals surface area (Å²) in [5.74, 6) is -0.836. The Labute approximate surface area is 198 Å². The van der Waals surface area contributed by atoms with Crippen molar-refractivity contribution in [3.05, 3.63) is 69.4 Å². The Balaban J connectivity index is 1.83. The number of aryl methyl sites for hydroxylation is 1. The third-order valence-corrected chi connectivity index (χ3v) is 7.18. The van der Waals surface area contributed by atoms with Crippen molar-refractivity contribution in [2.24, 2.45) is 5.73 Å². The normalized spacial score (nSPS) is 15.6. The molecule has 1 atom stereocenters. The summed E-state index contributed by atoms with van der Waals surface area (Å²) in [6.45, 7) is 1.05. The molecule has 0 unspecified atom stereocenters. The summed E-state index contributed by atoms with van der Waals surface area (Å²) in [5, 5.41) is -0.161. The van der Waals surface area contributed by atoms with Crippen LogP contribution in [0, 0.1) is 0 Å². The fraction of sp³-hybridized carbons (Fsp3) is 0.250. The van der Waals surface area contributed by atoms with E-state index in [1.54, 1.807) is 25.1 Å². The van der Waals surface area contributed by atoms with Crippen molar-refractivity contribution in [3.63, 3.8) is 0 Å². The van der Waals surface area contributed by atoms with E-state index < -0.39 is 41.1 Å². The summed E-state index contributed by atoms with van der Waals surface area (Å²) in [6, 6.07) is 7.74. The lowest BCUT2D eigenvalue weighted by molar-refractivity contribution is 0.488. The Kier molecular flexibility index (Phi) is 5.01. The van der Waals surface area contributed by atoms with E-state index in [9.17, 15) is 13.2 Å². The second-order valence-corrected chi connectivity index (χ2v) is 9.45. The lowest BCUT2D eigenvalue weighted by Crippen LogP contribution is -2.20. The van der Waals surface area contributed by atoms with E-state index in [-0.39, 0.29) is 31.7 Å². The molecular formula is C20H20ClN5O4S2. The van der Waals surface area contributed by atoms with Crippen LogP contribution in [0.4, 0.5) is 5.13 Å². The topological polar surface area (TPSA) is 133 Å². The largest absolute Gasteiger partial charge is 0.420 e. The fourth-order valence-electron chi connectivity index (χ4n) is 3.26. The molecule has 0 aliphatic rings. The summed E-state index contributed by atoms with van der Waals surface area (Å²) in [5.41, 5.74) is 5.93. The number of oxazole rings is 1. The molecule has 0 amide bonds. The van der Waals surface area contributed by atoms with Crippen LogP contribution in [0.5, 0.6) is 0 Å². The molecule has 4 aromatic rings. The van der Waals surface area contributed by atoms with Crippen LogP contribution in [-0.2, 0) is 16.4 Å². The van der Waals surface area contributed by atoms with Crippen molar-refractivity contribution >= 4 is 49.4 Å². The molecule has 0 saturated carbocycles. The van der Waals surface area contributed by atoms with Gasteiger partial charge in [-0.25, -0.2) is 18.2 Å². The monoisotopic (exact) mass is 497 g/mol. The molecule has 0 aliphatic carbocycles. The number of rotatable bonds is 8. The van der Waals surface area contributed by atoms with E-state index in [0.717, 1.165) is 17.6 Å². The van der Waals surface area contributed by atoms with Gasteiger partial charge in [-0.1, -0.05) is 35.9 Å². The number of fused-ring (bicyclic) bond motifs is 1. The Morgan fingerprint density at radius 1 is 1.38 bits per heavy atom. The van der Waals surface area contributed by atoms with E-state index >= 15 is 0 Å². The first kappa shape index (κ1) is 17.8. The molecule has 2 aromatic carbocycles. The molecule has 168 valence electrons. The van der Waals surface area contributed by atoms with Gasteiger partial charge in [0, 0.05) is 23.1 Å². The van der Waals surface area contributed by atoms with Gasteiger partial charge >= 0.3 is 5.76 Å². The number of sulfonamides is 1. The predicted octanol–water partition coefficient (Wildman–Crippen LogP) is 3.40. The zero-order chi connectivity index (χ0) is 26.5. The van der Waals surface area contributed by atoms with Gasteiger partial charge in [-0.05, 0) is 43.4 Å². The molecule has 4 rings (SSSR count). The van der Waals surface area contributed by atoms with Crippen LogP contribution in [0.1, 0.15) is 35.9 Å². The van der Waals surface area contributed by atoms with Crippen LogP contribution in [-0.4, -0.2) is 28.9 Å². The lowest BCUT2D eigenvalue weighted by atomic mass is 9.97. The predicted molar refractivity (Wildman–Crippen MR) is 124 cm³/mol. The fourth-order valence-corrected chi connectivity index (χ4v) is 5.46. The molecule has 12 heteroatoms. The molecule has 32 heavy (non-hydrogen) atoms. The molecule has 0 saturated heterocycles. The highest BCUT2D eigenvalue weighted by Gasteiger charge is 2.25. The van der Waals surface area contributed by atoms with Gasteiger partial charge in [0.05, 0.1) is 16.6 Å². The first-order valence-electron chi connectivity index (χ1n) is 11.2. The van der Waals surface area contributed by atoms with Gasteiger partial charge in [0.1, 0.15) is 11.2 Å². The van der Waals surface area contributed by atoms with E-state index in [1.807, 2.05) is 0 Å². The van der Waals surface area contributed by atoms with E-state index in [2.05, 4.69) is 14.1 Å². The SMILES string of the molecule is [2H]C([2H])(CN)C([2H])([2H])c1ccccc1[C@@H](C)n1c(=O)oc2cc(S(=O)(=O)Nc3ncns3)c(Cl)cc21. The summed E-state index contributed by atoms with van der Waals surface area (Å²) >= 11 is 7.14. The number of hydrogen-bond donors (Lipinski definition) is 2. The third-order valence-electron chi connectivity index (χ3n) is 4.66. The molecule has 0 spiro atoms. The second-order valence-electron chi connectivity index (χ2n) is 6.61.